The highest BCUT2D eigenvalue weighted by Gasteiger charge is 2.26. The van der Waals surface area contributed by atoms with E-state index < -0.39 is 11.4 Å². The van der Waals surface area contributed by atoms with Crippen LogP contribution in [-0.4, -0.2) is 81.6 Å². The molecule has 158 valence electrons. The molecule has 0 saturated carbocycles. The van der Waals surface area contributed by atoms with E-state index in [2.05, 4.69) is 41.0 Å². The molecular formula is C20H33FN4O2S. The Morgan fingerprint density at radius 1 is 1.29 bits per heavy atom. The molecule has 0 spiro atoms. The first-order chi connectivity index (χ1) is 13.6. The second-order valence-corrected chi connectivity index (χ2v) is 7.89. The second-order valence-electron chi connectivity index (χ2n) is 6.73. The summed E-state index contributed by atoms with van der Waals surface area (Å²) in [6.07, 6.45) is 0.830. The quantitative estimate of drug-likeness (QED) is 0.636. The predicted molar refractivity (Wildman–Crippen MR) is 116 cm³/mol. The minimum atomic E-state index is -1.51. The number of anilines is 2. The number of benzene rings is 1. The van der Waals surface area contributed by atoms with Gasteiger partial charge in [0, 0.05) is 70.1 Å². The van der Waals surface area contributed by atoms with Crippen molar-refractivity contribution in [3.8, 4) is 0 Å². The first-order valence-electron chi connectivity index (χ1n) is 9.94. The molecule has 1 aliphatic rings. The zero-order chi connectivity index (χ0) is 20.4. The molecule has 28 heavy (non-hydrogen) atoms. The number of carbonyl (C=O) groups excluding carboxylic acids is 1. The summed E-state index contributed by atoms with van der Waals surface area (Å²) in [5.41, 5.74) is 6.19. The molecule has 8 heteroatoms. The summed E-state index contributed by atoms with van der Waals surface area (Å²) < 4.78 is 19.2. The molecular weight excluding hydrogens is 379 g/mol. The van der Waals surface area contributed by atoms with Gasteiger partial charge < -0.3 is 25.2 Å². The fraction of sp³-hybridized carbons (Fsp3) is 0.650. The fourth-order valence-corrected chi connectivity index (χ4v) is 3.96. The molecule has 1 unspecified atom stereocenters. The largest absolute Gasteiger partial charge is 0.383 e. The zero-order valence-electron chi connectivity index (χ0n) is 17.0. The lowest BCUT2D eigenvalue weighted by atomic mass is 10.2. The topological polar surface area (TPSA) is 62.0 Å². The van der Waals surface area contributed by atoms with Crippen LogP contribution in [0.25, 0.3) is 0 Å². The standard InChI is InChI=1S/C20H33FN4O2S/c1-3-23(14-15-27-2)17-5-7-18(8-6-17)24-10-4-11-25(13-12-24)20(26)19(21)28-16-9-22/h5-8,19H,3-4,9-16,22H2,1-2H3. The predicted octanol–water partition coefficient (Wildman–Crippen LogP) is 2.19. The lowest BCUT2D eigenvalue weighted by molar-refractivity contribution is -0.133. The Hall–Kier alpha value is -1.51. The molecule has 1 heterocycles. The van der Waals surface area contributed by atoms with Gasteiger partial charge in [0.25, 0.3) is 5.91 Å². The Morgan fingerprint density at radius 3 is 2.68 bits per heavy atom. The van der Waals surface area contributed by atoms with Crippen molar-refractivity contribution in [2.24, 2.45) is 5.73 Å². The second kappa shape index (κ2) is 12.1. The average Bonchev–Trinajstić information content (AvgIpc) is 2.98. The summed E-state index contributed by atoms with van der Waals surface area (Å²) in [6, 6.07) is 8.50. The van der Waals surface area contributed by atoms with E-state index in [-0.39, 0.29) is 0 Å². The third-order valence-electron chi connectivity index (χ3n) is 4.91. The number of ether oxygens (including phenoxy) is 1. The molecule has 0 bridgehead atoms. The molecule has 2 N–H and O–H groups in total. The van der Waals surface area contributed by atoms with Crippen LogP contribution in [0.3, 0.4) is 0 Å². The highest BCUT2D eigenvalue weighted by molar-refractivity contribution is 8.00. The summed E-state index contributed by atoms with van der Waals surface area (Å²) in [5.74, 6) is 0.0330. The number of nitrogens with two attached hydrogens (primary N) is 1. The van der Waals surface area contributed by atoms with Gasteiger partial charge in [-0.1, -0.05) is 0 Å². The summed E-state index contributed by atoms with van der Waals surface area (Å²) in [7, 11) is 1.71. The molecule has 0 aliphatic carbocycles. The van der Waals surface area contributed by atoms with Gasteiger partial charge in [-0.25, -0.2) is 4.39 Å². The molecule has 1 aromatic carbocycles. The first-order valence-corrected chi connectivity index (χ1v) is 11.0. The smallest absolute Gasteiger partial charge is 0.267 e. The van der Waals surface area contributed by atoms with Gasteiger partial charge in [-0.15, -0.1) is 11.8 Å². The molecule has 1 saturated heterocycles. The Labute approximate surface area is 172 Å². The number of hydrogen-bond acceptors (Lipinski definition) is 6. The zero-order valence-corrected chi connectivity index (χ0v) is 17.8. The van der Waals surface area contributed by atoms with Crippen LogP contribution in [0.4, 0.5) is 15.8 Å². The van der Waals surface area contributed by atoms with Gasteiger partial charge in [0.05, 0.1) is 6.61 Å². The Morgan fingerprint density at radius 2 is 2.04 bits per heavy atom. The van der Waals surface area contributed by atoms with Gasteiger partial charge in [-0.3, -0.25) is 4.79 Å². The summed E-state index contributed by atoms with van der Waals surface area (Å²) in [5, 5.41) is 0. The van der Waals surface area contributed by atoms with Crippen LogP contribution >= 0.6 is 11.8 Å². The average molecular weight is 413 g/mol. The lowest BCUT2D eigenvalue weighted by Gasteiger charge is -2.26. The maximum atomic E-state index is 14.1. The number of rotatable bonds is 10. The monoisotopic (exact) mass is 412 g/mol. The molecule has 0 radical (unpaired) electrons. The molecule has 1 fully saturated rings. The molecule has 1 atom stereocenters. The van der Waals surface area contributed by atoms with Gasteiger partial charge >= 0.3 is 0 Å². The van der Waals surface area contributed by atoms with Crippen LogP contribution in [0.15, 0.2) is 24.3 Å². The third kappa shape index (κ3) is 6.53. The van der Waals surface area contributed by atoms with Crippen molar-refractivity contribution in [3.05, 3.63) is 24.3 Å². The van der Waals surface area contributed by atoms with E-state index in [1.165, 1.54) is 5.69 Å². The number of likely N-dealkylation sites (N-methyl/N-ethyl adjacent to an activating group) is 1. The van der Waals surface area contributed by atoms with E-state index in [0.717, 1.165) is 43.5 Å². The Bertz CT molecular complexity index is 590. The minimum absolute atomic E-state index is 0.378. The van der Waals surface area contributed by atoms with Gasteiger partial charge in [-0.05, 0) is 37.6 Å². The summed E-state index contributed by atoms with van der Waals surface area (Å²) in [6.45, 7) is 7.70. The SMILES string of the molecule is CCN(CCOC)c1ccc(N2CCCN(C(=O)C(F)SCCN)CC2)cc1. The van der Waals surface area contributed by atoms with E-state index in [1.54, 1.807) is 12.0 Å². The maximum absolute atomic E-state index is 14.1. The van der Waals surface area contributed by atoms with E-state index in [4.69, 9.17) is 10.5 Å². The van der Waals surface area contributed by atoms with Gasteiger partial charge in [-0.2, -0.15) is 0 Å². The van der Waals surface area contributed by atoms with Crippen molar-refractivity contribution in [1.29, 1.82) is 0 Å². The highest BCUT2D eigenvalue weighted by atomic mass is 32.2. The number of nitrogens with zero attached hydrogens (tertiary/aromatic N) is 3. The molecule has 1 amide bonds. The van der Waals surface area contributed by atoms with Crippen molar-refractivity contribution in [3.63, 3.8) is 0 Å². The fourth-order valence-electron chi connectivity index (χ4n) is 3.33. The van der Waals surface area contributed by atoms with Gasteiger partial charge in [0.15, 0.2) is 0 Å². The van der Waals surface area contributed by atoms with E-state index in [0.29, 0.717) is 38.5 Å². The van der Waals surface area contributed by atoms with E-state index in [1.807, 2.05) is 0 Å². The molecule has 0 aromatic heterocycles. The number of thioether (sulfide) groups is 1. The summed E-state index contributed by atoms with van der Waals surface area (Å²) in [4.78, 5) is 18.5. The van der Waals surface area contributed by atoms with Crippen molar-refractivity contribution in [1.82, 2.24) is 4.90 Å². The molecule has 1 aliphatic heterocycles. The first kappa shape index (κ1) is 22.8. The molecule has 6 nitrogen and oxygen atoms in total. The number of halogens is 1. The van der Waals surface area contributed by atoms with Crippen molar-refractivity contribution in [2.45, 2.75) is 18.8 Å². The van der Waals surface area contributed by atoms with Crippen LogP contribution in [0.2, 0.25) is 0 Å². The summed E-state index contributed by atoms with van der Waals surface area (Å²) >= 11 is 0.984. The maximum Gasteiger partial charge on any atom is 0.267 e. The van der Waals surface area contributed by atoms with Gasteiger partial charge in [0.2, 0.25) is 5.50 Å². The van der Waals surface area contributed by atoms with Crippen molar-refractivity contribution < 1.29 is 13.9 Å². The number of methoxy groups -OCH3 is 1. The van der Waals surface area contributed by atoms with Crippen molar-refractivity contribution >= 4 is 29.0 Å². The van der Waals surface area contributed by atoms with Crippen LogP contribution in [0.1, 0.15) is 13.3 Å². The number of hydrogen-bond donors (Lipinski definition) is 1. The van der Waals surface area contributed by atoms with Crippen LogP contribution in [0, 0.1) is 0 Å². The van der Waals surface area contributed by atoms with Gasteiger partial charge in [0.1, 0.15) is 0 Å². The molecule has 2 rings (SSSR count). The van der Waals surface area contributed by atoms with Crippen molar-refractivity contribution in [2.75, 3.05) is 75.1 Å². The van der Waals surface area contributed by atoms with Crippen LogP contribution < -0.4 is 15.5 Å². The highest BCUT2D eigenvalue weighted by Crippen LogP contribution is 2.23. The van der Waals surface area contributed by atoms with Crippen LogP contribution in [-0.2, 0) is 9.53 Å². The Kier molecular flexibility index (Phi) is 9.87. The van der Waals surface area contributed by atoms with E-state index >= 15 is 0 Å². The lowest BCUT2D eigenvalue weighted by Crippen LogP contribution is -2.39. The van der Waals surface area contributed by atoms with Crippen LogP contribution in [0.5, 0.6) is 0 Å². The number of amides is 1. The normalized spacial score (nSPS) is 16.0. The third-order valence-corrected chi connectivity index (χ3v) is 5.88. The van der Waals surface area contributed by atoms with E-state index in [9.17, 15) is 9.18 Å². The minimum Gasteiger partial charge on any atom is -0.383 e. The Balaban J connectivity index is 1.93. The number of alkyl halides is 1. The number of carbonyl (C=O) groups is 1. The molecule has 1 aromatic rings.